The fourth-order valence-corrected chi connectivity index (χ4v) is 2.17. The third kappa shape index (κ3) is 2.99. The van der Waals surface area contributed by atoms with E-state index in [4.69, 9.17) is 5.11 Å². The van der Waals surface area contributed by atoms with Gasteiger partial charge in [-0.25, -0.2) is 4.79 Å². The molecule has 0 fully saturated rings. The Labute approximate surface area is 117 Å². The van der Waals surface area contributed by atoms with Gasteiger partial charge in [-0.1, -0.05) is 32.0 Å². The minimum Gasteiger partial charge on any atom is -0.480 e. The molecule has 5 nitrogen and oxygen atoms in total. The number of carbonyl (C=O) groups excluding carboxylic acids is 1. The minimum atomic E-state index is -1.01. The Morgan fingerprint density at radius 1 is 1.25 bits per heavy atom. The van der Waals surface area contributed by atoms with Gasteiger partial charge in [-0.3, -0.25) is 4.79 Å². The predicted octanol–water partition coefficient (Wildman–Crippen LogP) is 1.87. The van der Waals surface area contributed by atoms with Crippen molar-refractivity contribution in [1.82, 2.24) is 9.88 Å². The van der Waals surface area contributed by atoms with E-state index < -0.39 is 12.0 Å². The van der Waals surface area contributed by atoms with Crippen molar-refractivity contribution < 1.29 is 14.7 Å². The number of hydrogen-bond donors (Lipinski definition) is 2. The Morgan fingerprint density at radius 2 is 1.95 bits per heavy atom. The summed E-state index contributed by atoms with van der Waals surface area (Å²) in [5.41, 5.74) is 0.957. The van der Waals surface area contributed by atoms with Crippen LogP contribution in [-0.4, -0.2) is 27.6 Å². The fourth-order valence-electron chi connectivity index (χ4n) is 2.17. The molecule has 0 aliphatic carbocycles. The van der Waals surface area contributed by atoms with Gasteiger partial charge in [0.1, 0.15) is 12.6 Å². The topological polar surface area (TPSA) is 71.3 Å². The molecule has 0 unspecified atom stereocenters. The number of nitrogens with one attached hydrogen (secondary N) is 1. The number of aromatic nitrogens is 1. The molecular formula is C15H18N2O3. The van der Waals surface area contributed by atoms with Crippen molar-refractivity contribution in [1.29, 1.82) is 0 Å². The van der Waals surface area contributed by atoms with Crippen LogP contribution in [0.5, 0.6) is 0 Å². The lowest BCUT2D eigenvalue weighted by Gasteiger charge is -2.18. The zero-order valence-electron chi connectivity index (χ0n) is 11.5. The van der Waals surface area contributed by atoms with Gasteiger partial charge < -0.3 is 15.0 Å². The average molecular weight is 274 g/mol. The van der Waals surface area contributed by atoms with Crippen molar-refractivity contribution in [3.63, 3.8) is 0 Å². The van der Waals surface area contributed by atoms with Gasteiger partial charge in [-0.05, 0) is 23.4 Å². The van der Waals surface area contributed by atoms with Crippen molar-refractivity contribution >= 4 is 22.8 Å². The van der Waals surface area contributed by atoms with Gasteiger partial charge in [0.2, 0.25) is 5.91 Å². The number of benzene rings is 1. The van der Waals surface area contributed by atoms with Crippen molar-refractivity contribution in [2.75, 3.05) is 0 Å². The minimum absolute atomic E-state index is 0.115. The van der Waals surface area contributed by atoms with E-state index in [2.05, 4.69) is 5.32 Å². The third-order valence-electron chi connectivity index (χ3n) is 3.24. The summed E-state index contributed by atoms with van der Waals surface area (Å²) in [6.07, 6.45) is 1.83. The molecule has 0 saturated carbocycles. The van der Waals surface area contributed by atoms with Crippen LogP contribution in [0.3, 0.4) is 0 Å². The van der Waals surface area contributed by atoms with Crippen LogP contribution in [0.4, 0.5) is 0 Å². The summed E-state index contributed by atoms with van der Waals surface area (Å²) in [4.78, 5) is 23.0. The highest BCUT2D eigenvalue weighted by Gasteiger charge is 2.23. The zero-order valence-corrected chi connectivity index (χ0v) is 11.5. The van der Waals surface area contributed by atoms with E-state index in [9.17, 15) is 9.59 Å². The van der Waals surface area contributed by atoms with Gasteiger partial charge in [-0.15, -0.1) is 0 Å². The first kappa shape index (κ1) is 14.1. The molecule has 2 aromatic rings. The van der Waals surface area contributed by atoms with Gasteiger partial charge in [0, 0.05) is 11.7 Å². The summed E-state index contributed by atoms with van der Waals surface area (Å²) in [5, 5.41) is 12.7. The lowest BCUT2D eigenvalue weighted by atomic mass is 10.1. The second-order valence-corrected chi connectivity index (χ2v) is 5.13. The molecule has 2 rings (SSSR count). The molecule has 0 radical (unpaired) electrons. The van der Waals surface area contributed by atoms with Crippen LogP contribution in [0.15, 0.2) is 36.5 Å². The Morgan fingerprint density at radius 3 is 2.60 bits per heavy atom. The molecule has 5 heteroatoms. The standard InChI is InChI=1S/C15H18N2O3/c1-10(2)14(15(19)20)16-13(18)9-17-8-7-11-5-3-4-6-12(11)17/h3-8,10,14H,9H2,1-2H3,(H,16,18)(H,19,20)/t14-/m0/s1. The lowest BCUT2D eigenvalue weighted by Crippen LogP contribution is -2.45. The Bertz CT molecular complexity index is 631. The first-order valence-corrected chi connectivity index (χ1v) is 6.55. The van der Waals surface area contributed by atoms with Crippen molar-refractivity contribution in [2.45, 2.75) is 26.4 Å². The number of carbonyl (C=O) groups is 2. The highest BCUT2D eigenvalue weighted by molar-refractivity contribution is 5.86. The molecular weight excluding hydrogens is 256 g/mol. The second-order valence-electron chi connectivity index (χ2n) is 5.13. The number of hydrogen-bond acceptors (Lipinski definition) is 2. The lowest BCUT2D eigenvalue weighted by molar-refractivity contribution is -0.143. The Balaban J connectivity index is 2.10. The SMILES string of the molecule is CC(C)[C@H](NC(=O)Cn1ccc2ccccc21)C(=O)O. The van der Waals surface area contributed by atoms with Crippen LogP contribution >= 0.6 is 0 Å². The number of aliphatic carboxylic acids is 1. The highest BCUT2D eigenvalue weighted by Crippen LogP contribution is 2.14. The van der Waals surface area contributed by atoms with Gasteiger partial charge >= 0.3 is 5.97 Å². The molecule has 1 heterocycles. The number of rotatable bonds is 5. The number of para-hydroxylation sites is 1. The maximum atomic E-state index is 12.0. The zero-order chi connectivity index (χ0) is 14.7. The summed E-state index contributed by atoms with van der Waals surface area (Å²) < 4.78 is 1.81. The first-order valence-electron chi connectivity index (χ1n) is 6.55. The van der Waals surface area contributed by atoms with E-state index in [-0.39, 0.29) is 18.4 Å². The molecule has 1 amide bonds. The van der Waals surface area contributed by atoms with Crippen LogP contribution < -0.4 is 5.32 Å². The summed E-state index contributed by atoms with van der Waals surface area (Å²) >= 11 is 0. The normalized spacial score (nSPS) is 12.6. The van der Waals surface area contributed by atoms with Crippen molar-refractivity contribution in [3.8, 4) is 0 Å². The number of carboxylic acid groups (broad SMARTS) is 1. The molecule has 20 heavy (non-hydrogen) atoms. The maximum Gasteiger partial charge on any atom is 0.326 e. The van der Waals surface area contributed by atoms with Gasteiger partial charge in [0.15, 0.2) is 0 Å². The molecule has 0 saturated heterocycles. The molecule has 0 aliphatic heterocycles. The smallest absolute Gasteiger partial charge is 0.326 e. The first-order chi connectivity index (χ1) is 9.49. The van der Waals surface area contributed by atoms with E-state index in [1.807, 2.05) is 41.1 Å². The van der Waals surface area contributed by atoms with Crippen LogP contribution in [0, 0.1) is 5.92 Å². The van der Waals surface area contributed by atoms with E-state index in [1.54, 1.807) is 13.8 Å². The van der Waals surface area contributed by atoms with E-state index in [0.717, 1.165) is 10.9 Å². The summed E-state index contributed by atoms with van der Waals surface area (Å²) in [5.74, 6) is -1.46. The molecule has 1 aromatic heterocycles. The van der Waals surface area contributed by atoms with E-state index in [1.165, 1.54) is 0 Å². The summed E-state index contributed by atoms with van der Waals surface area (Å²) in [7, 11) is 0. The van der Waals surface area contributed by atoms with E-state index >= 15 is 0 Å². The molecule has 0 spiro atoms. The fraction of sp³-hybridized carbons (Fsp3) is 0.333. The number of fused-ring (bicyclic) bond motifs is 1. The number of carboxylic acids is 1. The molecule has 2 N–H and O–H groups in total. The largest absolute Gasteiger partial charge is 0.480 e. The summed E-state index contributed by atoms with van der Waals surface area (Å²) in [6.45, 7) is 3.65. The predicted molar refractivity (Wildman–Crippen MR) is 76.3 cm³/mol. The van der Waals surface area contributed by atoms with Crippen LogP contribution in [0.25, 0.3) is 10.9 Å². The van der Waals surface area contributed by atoms with Crippen LogP contribution in [0.1, 0.15) is 13.8 Å². The van der Waals surface area contributed by atoms with Gasteiger partial charge in [-0.2, -0.15) is 0 Å². The monoisotopic (exact) mass is 274 g/mol. The average Bonchev–Trinajstić information content (AvgIpc) is 2.79. The van der Waals surface area contributed by atoms with Gasteiger partial charge in [0.25, 0.3) is 0 Å². The third-order valence-corrected chi connectivity index (χ3v) is 3.24. The molecule has 106 valence electrons. The highest BCUT2D eigenvalue weighted by atomic mass is 16.4. The Hall–Kier alpha value is -2.30. The van der Waals surface area contributed by atoms with Crippen LogP contribution in [0.2, 0.25) is 0 Å². The molecule has 1 aromatic carbocycles. The number of nitrogens with zero attached hydrogens (tertiary/aromatic N) is 1. The second kappa shape index (κ2) is 5.77. The molecule has 0 bridgehead atoms. The molecule has 0 aliphatic rings. The molecule has 1 atom stereocenters. The summed E-state index contributed by atoms with van der Waals surface area (Å²) in [6, 6.07) is 8.82. The maximum absolute atomic E-state index is 12.0. The van der Waals surface area contributed by atoms with Crippen molar-refractivity contribution in [2.24, 2.45) is 5.92 Å². The Kier molecular flexibility index (Phi) is 4.08. The van der Waals surface area contributed by atoms with Crippen LogP contribution in [-0.2, 0) is 16.1 Å². The quantitative estimate of drug-likeness (QED) is 0.874. The van der Waals surface area contributed by atoms with Crippen molar-refractivity contribution in [3.05, 3.63) is 36.5 Å². The van der Waals surface area contributed by atoms with E-state index in [0.29, 0.717) is 0 Å². The number of amides is 1. The van der Waals surface area contributed by atoms with Gasteiger partial charge in [0.05, 0.1) is 0 Å².